The Morgan fingerprint density at radius 2 is 1.70 bits per heavy atom. The van der Waals surface area contributed by atoms with Gasteiger partial charge in [-0.2, -0.15) is 10.1 Å². The van der Waals surface area contributed by atoms with Crippen LogP contribution in [0.15, 0.2) is 30.6 Å². The molecule has 144 valence electrons. The molecule has 0 aliphatic carbocycles. The van der Waals surface area contributed by atoms with Crippen LogP contribution in [0, 0.1) is 5.82 Å². The minimum Gasteiger partial charge on any atom is -0.338 e. The Morgan fingerprint density at radius 1 is 1.00 bits per heavy atom. The number of carbonyl (C=O) groups excluding carboxylic acids is 1. The highest BCUT2D eigenvalue weighted by Gasteiger charge is 2.33. The number of H-pyrrole nitrogens is 1. The molecule has 1 aromatic carbocycles. The van der Waals surface area contributed by atoms with E-state index >= 15 is 0 Å². The molecule has 1 atom stereocenters. The highest BCUT2D eigenvalue weighted by atomic mass is 19.1. The van der Waals surface area contributed by atoms with E-state index in [2.05, 4.69) is 25.0 Å². The third kappa shape index (κ3) is 3.95. The van der Waals surface area contributed by atoms with E-state index < -0.39 is 0 Å². The minimum absolute atomic E-state index is 0.112. The van der Waals surface area contributed by atoms with Crippen molar-refractivity contribution in [3.63, 3.8) is 0 Å². The van der Waals surface area contributed by atoms with Crippen molar-refractivity contribution in [3.05, 3.63) is 42.0 Å². The first-order chi connectivity index (χ1) is 13.2. The average Bonchev–Trinajstić information content (AvgIpc) is 3.25. The van der Waals surface area contributed by atoms with E-state index in [9.17, 15) is 9.18 Å². The zero-order valence-corrected chi connectivity index (χ0v) is 15.4. The fourth-order valence-corrected chi connectivity index (χ4v) is 3.99. The highest BCUT2D eigenvalue weighted by molar-refractivity contribution is 5.83. The van der Waals surface area contributed by atoms with Gasteiger partial charge in [0.15, 0.2) is 0 Å². The summed E-state index contributed by atoms with van der Waals surface area (Å²) in [4.78, 5) is 23.9. The van der Waals surface area contributed by atoms with Crippen LogP contribution in [0.25, 0.3) is 0 Å². The number of amides is 1. The van der Waals surface area contributed by atoms with E-state index in [-0.39, 0.29) is 17.8 Å². The second-order valence-electron chi connectivity index (χ2n) is 7.17. The van der Waals surface area contributed by atoms with Crippen LogP contribution in [0.3, 0.4) is 0 Å². The quantitative estimate of drug-likeness (QED) is 0.887. The number of likely N-dealkylation sites (tertiary alicyclic amines) is 1. The molecule has 3 heterocycles. The zero-order valence-electron chi connectivity index (χ0n) is 15.4. The Labute approximate surface area is 158 Å². The van der Waals surface area contributed by atoms with Gasteiger partial charge in [-0.1, -0.05) is 18.6 Å². The molecule has 2 fully saturated rings. The maximum atomic E-state index is 13.4. The largest absolute Gasteiger partial charge is 0.338 e. The molecule has 0 bridgehead atoms. The van der Waals surface area contributed by atoms with Gasteiger partial charge in [-0.25, -0.2) is 9.49 Å². The Kier molecular flexibility index (Phi) is 5.33. The van der Waals surface area contributed by atoms with Gasteiger partial charge in [0.05, 0.1) is 0 Å². The summed E-state index contributed by atoms with van der Waals surface area (Å²) in [6.07, 6.45) is 4.90. The van der Waals surface area contributed by atoms with Gasteiger partial charge in [0.1, 0.15) is 18.2 Å². The van der Waals surface area contributed by atoms with Crippen LogP contribution in [0.4, 0.5) is 10.3 Å². The predicted molar refractivity (Wildman–Crippen MR) is 99.7 cm³/mol. The van der Waals surface area contributed by atoms with Gasteiger partial charge in [-0.3, -0.25) is 9.69 Å². The normalized spacial score (nSPS) is 19.9. The summed E-state index contributed by atoms with van der Waals surface area (Å²) in [5, 5.41) is 6.77. The second-order valence-corrected chi connectivity index (χ2v) is 7.17. The van der Waals surface area contributed by atoms with Crippen LogP contribution in [0.5, 0.6) is 0 Å². The van der Waals surface area contributed by atoms with Crippen molar-refractivity contribution >= 4 is 11.9 Å². The summed E-state index contributed by atoms with van der Waals surface area (Å²) in [6.45, 7) is 4.54. The summed E-state index contributed by atoms with van der Waals surface area (Å²) < 4.78 is 13.4. The van der Waals surface area contributed by atoms with Gasteiger partial charge in [-0.15, -0.1) is 0 Å². The molecule has 4 rings (SSSR count). The highest BCUT2D eigenvalue weighted by Crippen LogP contribution is 2.27. The van der Waals surface area contributed by atoms with Crippen LogP contribution < -0.4 is 4.90 Å². The third-order valence-electron chi connectivity index (χ3n) is 5.47. The van der Waals surface area contributed by atoms with Crippen LogP contribution in [0.1, 0.15) is 30.9 Å². The van der Waals surface area contributed by atoms with Crippen LogP contribution in [0.2, 0.25) is 0 Å². The molecule has 7 nitrogen and oxygen atoms in total. The number of piperazine rings is 1. The molecular formula is C19H25FN6O. The average molecular weight is 372 g/mol. The Morgan fingerprint density at radius 3 is 2.33 bits per heavy atom. The van der Waals surface area contributed by atoms with Gasteiger partial charge in [0, 0.05) is 26.2 Å². The van der Waals surface area contributed by atoms with Gasteiger partial charge in [0.25, 0.3) is 0 Å². The molecule has 27 heavy (non-hydrogen) atoms. The molecule has 2 aliphatic rings. The van der Waals surface area contributed by atoms with E-state index in [4.69, 9.17) is 0 Å². The molecule has 8 heteroatoms. The third-order valence-corrected chi connectivity index (χ3v) is 5.47. The standard InChI is InChI=1S/C19H25FN6O/c20-16-6-4-15(5-7-16)17(24-8-2-1-3-9-24)18(27)25-10-12-26(13-11-25)19-21-14-22-23-19/h4-7,14,17H,1-3,8-13H2,(H,21,22,23)/t17-/m0/s1. The number of aromatic amines is 1. The van der Waals surface area contributed by atoms with Crippen molar-refractivity contribution in [2.24, 2.45) is 0 Å². The van der Waals surface area contributed by atoms with Crippen molar-refractivity contribution in [2.75, 3.05) is 44.2 Å². The lowest BCUT2D eigenvalue weighted by Gasteiger charge is -2.40. The monoisotopic (exact) mass is 372 g/mol. The van der Waals surface area contributed by atoms with Crippen LogP contribution in [-0.2, 0) is 4.79 Å². The maximum Gasteiger partial charge on any atom is 0.244 e. The number of hydrogen-bond acceptors (Lipinski definition) is 5. The Balaban J connectivity index is 1.49. The Bertz CT molecular complexity index is 736. The first-order valence-corrected chi connectivity index (χ1v) is 9.61. The van der Waals surface area contributed by atoms with Gasteiger partial charge >= 0.3 is 0 Å². The molecule has 0 saturated carbocycles. The minimum atomic E-state index is -0.331. The van der Waals surface area contributed by atoms with Crippen molar-refractivity contribution in [1.29, 1.82) is 0 Å². The number of benzene rings is 1. The summed E-state index contributed by atoms with van der Waals surface area (Å²) in [6, 6.07) is 6.06. The number of aromatic nitrogens is 3. The van der Waals surface area contributed by atoms with Crippen LogP contribution in [-0.4, -0.2) is 70.2 Å². The number of carbonyl (C=O) groups is 1. The van der Waals surface area contributed by atoms with Gasteiger partial charge in [0.2, 0.25) is 11.9 Å². The molecule has 2 saturated heterocycles. The van der Waals surface area contributed by atoms with Crippen molar-refractivity contribution < 1.29 is 9.18 Å². The number of piperidine rings is 1. The zero-order chi connectivity index (χ0) is 18.6. The van der Waals surface area contributed by atoms with E-state index in [0.717, 1.165) is 50.5 Å². The van der Waals surface area contributed by atoms with E-state index in [0.29, 0.717) is 13.1 Å². The maximum absolute atomic E-state index is 13.4. The van der Waals surface area contributed by atoms with E-state index in [1.807, 2.05) is 4.90 Å². The number of anilines is 1. The van der Waals surface area contributed by atoms with Crippen molar-refractivity contribution in [2.45, 2.75) is 25.3 Å². The summed E-state index contributed by atoms with van der Waals surface area (Å²) >= 11 is 0. The first-order valence-electron chi connectivity index (χ1n) is 9.61. The summed E-state index contributed by atoms with van der Waals surface area (Å²) in [5.74, 6) is 0.582. The molecule has 0 unspecified atom stereocenters. The molecular weight excluding hydrogens is 347 g/mol. The molecule has 1 N–H and O–H groups in total. The fraction of sp³-hybridized carbons (Fsp3) is 0.526. The second kappa shape index (κ2) is 8.04. The first kappa shape index (κ1) is 17.9. The SMILES string of the molecule is O=C([C@H](c1ccc(F)cc1)N1CCCCC1)N1CCN(c2ncn[nH]2)CC1. The molecule has 0 radical (unpaired) electrons. The van der Waals surface area contributed by atoms with Gasteiger partial charge in [-0.05, 0) is 43.6 Å². The Hall–Kier alpha value is -2.48. The molecule has 0 spiro atoms. The lowest BCUT2D eigenvalue weighted by molar-refractivity contribution is -0.138. The fourth-order valence-electron chi connectivity index (χ4n) is 3.99. The summed E-state index contributed by atoms with van der Waals surface area (Å²) in [7, 11) is 0. The van der Waals surface area contributed by atoms with Crippen molar-refractivity contribution in [3.8, 4) is 0 Å². The molecule has 2 aliphatic heterocycles. The topological polar surface area (TPSA) is 68.4 Å². The van der Waals surface area contributed by atoms with E-state index in [1.165, 1.54) is 24.9 Å². The number of rotatable bonds is 4. The number of nitrogens with one attached hydrogen (secondary N) is 1. The van der Waals surface area contributed by atoms with E-state index in [1.54, 1.807) is 12.1 Å². The summed E-state index contributed by atoms with van der Waals surface area (Å²) in [5.41, 5.74) is 0.876. The molecule has 2 aromatic rings. The van der Waals surface area contributed by atoms with Crippen LogP contribution >= 0.6 is 0 Å². The lowest BCUT2D eigenvalue weighted by Crippen LogP contribution is -2.53. The smallest absolute Gasteiger partial charge is 0.244 e. The van der Waals surface area contributed by atoms with Crippen molar-refractivity contribution in [1.82, 2.24) is 25.0 Å². The predicted octanol–water partition coefficient (Wildman–Crippen LogP) is 1.82. The number of hydrogen-bond donors (Lipinski definition) is 1. The van der Waals surface area contributed by atoms with Gasteiger partial charge < -0.3 is 9.80 Å². The lowest BCUT2D eigenvalue weighted by atomic mass is 10.00. The number of nitrogens with zero attached hydrogens (tertiary/aromatic N) is 5. The molecule has 1 amide bonds. The number of halogens is 1. The molecule has 1 aromatic heterocycles.